The molecule has 1 aliphatic rings. The van der Waals surface area contributed by atoms with Gasteiger partial charge in [-0.15, -0.1) is 0 Å². The molecule has 1 aliphatic carbocycles. The molecule has 6 heteroatoms. The first-order chi connectivity index (χ1) is 7.79. The van der Waals surface area contributed by atoms with Crippen molar-refractivity contribution < 1.29 is 18.3 Å². The molecule has 17 heavy (non-hydrogen) atoms. The Morgan fingerprint density at radius 2 is 1.88 bits per heavy atom. The van der Waals surface area contributed by atoms with E-state index >= 15 is 0 Å². The van der Waals surface area contributed by atoms with Gasteiger partial charge in [0.2, 0.25) is 0 Å². The van der Waals surface area contributed by atoms with E-state index in [1.165, 1.54) is 0 Å². The molecule has 0 amide bonds. The van der Waals surface area contributed by atoms with Gasteiger partial charge in [0.15, 0.2) is 9.84 Å². The summed E-state index contributed by atoms with van der Waals surface area (Å²) in [5.74, 6) is -1.95. The van der Waals surface area contributed by atoms with Gasteiger partial charge in [-0.3, -0.25) is 4.79 Å². The second-order valence-electron chi connectivity index (χ2n) is 4.38. The summed E-state index contributed by atoms with van der Waals surface area (Å²) in [6.07, 6.45) is 1.02. The minimum absolute atomic E-state index is 0.646. The number of carbonyl (C=O) groups is 1. The predicted octanol–water partition coefficient (Wildman–Crippen LogP) is -0.0209. The minimum Gasteiger partial charge on any atom is -0.480 e. The molecule has 0 unspecified atom stereocenters. The largest absolute Gasteiger partial charge is 0.480 e. The fraction of sp³-hybridized carbons (Fsp3) is 0.364. The predicted molar refractivity (Wildman–Crippen MR) is 62.4 cm³/mol. The smallest absolute Gasteiger partial charge is 0.325 e. The lowest BCUT2D eigenvalue weighted by Crippen LogP contribution is -2.39. The third-order valence-corrected chi connectivity index (χ3v) is 4.75. The normalized spacial score (nSPS) is 32.1. The van der Waals surface area contributed by atoms with Gasteiger partial charge in [0, 0.05) is 12.2 Å². The zero-order valence-electron chi connectivity index (χ0n) is 9.20. The molecule has 1 saturated carbocycles. The molecule has 1 aromatic rings. The van der Waals surface area contributed by atoms with Crippen LogP contribution >= 0.6 is 0 Å². The van der Waals surface area contributed by atoms with Crippen LogP contribution in [0.15, 0.2) is 30.3 Å². The van der Waals surface area contributed by atoms with Gasteiger partial charge in [-0.1, -0.05) is 30.3 Å². The minimum atomic E-state index is -3.49. The number of nitrogens with two attached hydrogens (primary N) is 1. The van der Waals surface area contributed by atoms with Crippen LogP contribution in [0, 0.1) is 0 Å². The van der Waals surface area contributed by atoms with Gasteiger partial charge >= 0.3 is 5.97 Å². The highest BCUT2D eigenvalue weighted by Crippen LogP contribution is 2.53. The Hall–Kier alpha value is -1.40. The van der Waals surface area contributed by atoms with Gasteiger partial charge in [-0.2, -0.15) is 0 Å². The van der Waals surface area contributed by atoms with Crippen molar-refractivity contribution in [1.29, 1.82) is 0 Å². The maximum Gasteiger partial charge on any atom is 0.325 e. The lowest BCUT2D eigenvalue weighted by atomic mass is 10.1. The maximum atomic E-state index is 11.6. The molecule has 0 radical (unpaired) electrons. The Kier molecular flexibility index (Phi) is 2.52. The number of hydrogen-bond donors (Lipinski definition) is 2. The van der Waals surface area contributed by atoms with E-state index in [2.05, 4.69) is 0 Å². The van der Waals surface area contributed by atoms with Crippen LogP contribution in [0.25, 0.3) is 0 Å². The lowest BCUT2D eigenvalue weighted by molar-refractivity contribution is -0.139. The van der Waals surface area contributed by atoms with Crippen LogP contribution in [0.4, 0.5) is 0 Å². The lowest BCUT2D eigenvalue weighted by Gasteiger charge is -2.04. The third kappa shape index (κ3) is 1.73. The van der Waals surface area contributed by atoms with Crippen molar-refractivity contribution in [2.24, 2.45) is 5.73 Å². The van der Waals surface area contributed by atoms with Gasteiger partial charge in [-0.05, 0) is 5.56 Å². The fourth-order valence-corrected chi connectivity index (χ4v) is 4.10. The van der Waals surface area contributed by atoms with Crippen LogP contribution < -0.4 is 5.73 Å². The van der Waals surface area contributed by atoms with Crippen molar-refractivity contribution >= 4 is 15.8 Å². The van der Waals surface area contributed by atoms with Crippen molar-refractivity contribution in [3.63, 3.8) is 0 Å². The molecule has 0 spiro atoms. The standard InChI is InChI=1S/C11H13NO4S/c1-17(15,16)9-8(11(9,12)10(13)14)7-5-3-2-4-6-7/h2-6,8-9H,12H2,1H3,(H,13,14)/t8-,9+,11+/m0/s1. The summed E-state index contributed by atoms with van der Waals surface area (Å²) in [5.41, 5.74) is 4.66. The highest BCUT2D eigenvalue weighted by atomic mass is 32.2. The van der Waals surface area contributed by atoms with Crippen molar-refractivity contribution in [3.05, 3.63) is 35.9 Å². The van der Waals surface area contributed by atoms with Crippen LogP contribution in [0.2, 0.25) is 0 Å². The van der Waals surface area contributed by atoms with Gasteiger partial charge in [0.1, 0.15) is 5.54 Å². The topological polar surface area (TPSA) is 97.5 Å². The highest BCUT2D eigenvalue weighted by molar-refractivity contribution is 7.91. The number of benzene rings is 1. The van der Waals surface area contributed by atoms with E-state index in [4.69, 9.17) is 10.8 Å². The molecular weight excluding hydrogens is 242 g/mol. The first kappa shape index (κ1) is 12.1. The van der Waals surface area contributed by atoms with Gasteiger partial charge in [-0.25, -0.2) is 8.42 Å². The molecule has 2 rings (SSSR count). The number of sulfone groups is 1. The molecule has 0 saturated heterocycles. The Bertz CT molecular complexity index is 554. The SMILES string of the molecule is CS(=O)(=O)[C@@H]1[C@H](c2ccccc2)[C@]1(N)C(=O)O. The van der Waals surface area contributed by atoms with E-state index in [1.807, 2.05) is 0 Å². The monoisotopic (exact) mass is 255 g/mol. The Morgan fingerprint density at radius 3 is 2.24 bits per heavy atom. The van der Waals surface area contributed by atoms with Crippen molar-refractivity contribution in [1.82, 2.24) is 0 Å². The van der Waals surface area contributed by atoms with E-state index in [1.54, 1.807) is 30.3 Å². The van der Waals surface area contributed by atoms with Gasteiger partial charge in [0.05, 0.1) is 5.25 Å². The highest BCUT2D eigenvalue weighted by Gasteiger charge is 2.73. The average Bonchev–Trinajstić information content (AvgIpc) is 2.88. The summed E-state index contributed by atoms with van der Waals surface area (Å²) in [7, 11) is -3.49. The molecule has 0 heterocycles. The van der Waals surface area contributed by atoms with E-state index < -0.39 is 32.5 Å². The summed E-state index contributed by atoms with van der Waals surface area (Å²) in [6, 6.07) is 8.63. The van der Waals surface area contributed by atoms with Crippen LogP contribution in [-0.2, 0) is 14.6 Å². The third-order valence-electron chi connectivity index (χ3n) is 3.17. The molecule has 3 atom stereocenters. The molecular formula is C11H13NO4S. The molecule has 0 aliphatic heterocycles. The molecule has 92 valence electrons. The second-order valence-corrected chi connectivity index (χ2v) is 6.54. The van der Waals surface area contributed by atoms with E-state index in [0.717, 1.165) is 6.26 Å². The first-order valence-electron chi connectivity index (χ1n) is 5.05. The summed E-state index contributed by atoms with van der Waals surface area (Å²) >= 11 is 0. The van der Waals surface area contributed by atoms with E-state index in [-0.39, 0.29) is 0 Å². The summed E-state index contributed by atoms with van der Waals surface area (Å²) < 4.78 is 23.1. The number of rotatable bonds is 3. The number of carboxylic acids is 1. The Morgan fingerprint density at radius 1 is 1.35 bits per heavy atom. The maximum absolute atomic E-state index is 11.6. The van der Waals surface area contributed by atoms with Crippen LogP contribution in [0.5, 0.6) is 0 Å². The fourth-order valence-electron chi connectivity index (χ4n) is 2.34. The van der Waals surface area contributed by atoms with Crippen LogP contribution in [0.3, 0.4) is 0 Å². The molecule has 3 N–H and O–H groups in total. The van der Waals surface area contributed by atoms with E-state index in [0.29, 0.717) is 5.56 Å². The molecule has 0 bridgehead atoms. The summed E-state index contributed by atoms with van der Waals surface area (Å²) in [6.45, 7) is 0. The van der Waals surface area contributed by atoms with Gasteiger partial charge < -0.3 is 10.8 Å². The molecule has 1 fully saturated rings. The number of hydrogen-bond acceptors (Lipinski definition) is 4. The van der Waals surface area contributed by atoms with Crippen LogP contribution in [0.1, 0.15) is 11.5 Å². The molecule has 5 nitrogen and oxygen atoms in total. The van der Waals surface area contributed by atoms with Crippen molar-refractivity contribution in [2.75, 3.05) is 6.26 Å². The Labute approximate surface area is 99.2 Å². The second kappa shape index (κ2) is 3.54. The number of aliphatic carboxylic acids is 1. The zero-order chi connectivity index (χ0) is 12.8. The van der Waals surface area contributed by atoms with Crippen molar-refractivity contribution in [2.45, 2.75) is 16.7 Å². The van der Waals surface area contributed by atoms with Crippen LogP contribution in [-0.4, -0.2) is 36.5 Å². The zero-order valence-corrected chi connectivity index (χ0v) is 10.0. The van der Waals surface area contributed by atoms with E-state index in [9.17, 15) is 13.2 Å². The molecule has 0 aromatic heterocycles. The average molecular weight is 255 g/mol. The first-order valence-corrected chi connectivity index (χ1v) is 7.01. The van der Waals surface area contributed by atoms with Gasteiger partial charge in [0.25, 0.3) is 0 Å². The quantitative estimate of drug-likeness (QED) is 0.791. The summed E-state index contributed by atoms with van der Waals surface area (Å²) in [4.78, 5) is 11.1. The van der Waals surface area contributed by atoms with Crippen molar-refractivity contribution in [3.8, 4) is 0 Å². The Balaban J connectivity index is 2.46. The summed E-state index contributed by atoms with van der Waals surface area (Å²) in [5, 5.41) is 8.04. The molecule has 1 aromatic carbocycles. The number of carboxylic acid groups (broad SMARTS) is 1.